The molecule has 31 heavy (non-hydrogen) atoms. The Kier molecular flexibility index (Phi) is 7.59. The summed E-state index contributed by atoms with van der Waals surface area (Å²) in [5, 5.41) is 0. The number of nitrogens with zero attached hydrogens (tertiary/aromatic N) is 1. The van der Waals surface area contributed by atoms with Crippen molar-refractivity contribution in [3.8, 4) is 5.75 Å². The predicted octanol–water partition coefficient (Wildman–Crippen LogP) is 1.59. The van der Waals surface area contributed by atoms with Crippen molar-refractivity contribution < 1.29 is 22.7 Å². The summed E-state index contributed by atoms with van der Waals surface area (Å²) in [7, 11) is -2.67. The summed E-state index contributed by atoms with van der Waals surface area (Å²) in [4.78, 5) is 15.6. The number of hydrogen-bond donors (Lipinski definition) is 3. The Bertz CT molecular complexity index is 986. The number of carbonyl (C=O) groups is 1. The van der Waals surface area contributed by atoms with Crippen LogP contribution in [0, 0.1) is 20.8 Å². The van der Waals surface area contributed by atoms with Crippen LogP contribution in [0.3, 0.4) is 0 Å². The highest BCUT2D eigenvalue weighted by atomic mass is 32.2. The summed E-state index contributed by atoms with van der Waals surface area (Å²) < 4.78 is 39.3. The van der Waals surface area contributed by atoms with Crippen LogP contribution in [0.2, 0.25) is 0 Å². The predicted molar refractivity (Wildman–Crippen MR) is 120 cm³/mol. The molecule has 0 fully saturated rings. The van der Waals surface area contributed by atoms with Gasteiger partial charge in [0.15, 0.2) is 0 Å². The van der Waals surface area contributed by atoms with Gasteiger partial charge in [-0.05, 0) is 82.6 Å². The molecule has 5 N–H and O–H groups in total. The molecule has 1 aromatic rings. The number of rotatable bonds is 7. The number of benzene rings is 1. The molecule has 1 aromatic carbocycles. The zero-order valence-electron chi connectivity index (χ0n) is 19.2. The third-order valence-electron chi connectivity index (χ3n) is 5.63. The first-order valence-electron chi connectivity index (χ1n) is 10.3. The summed E-state index contributed by atoms with van der Waals surface area (Å²) in [5.74, 6) is 0.0609. The molecule has 0 amide bonds. The minimum Gasteiger partial charge on any atom is -0.487 e. The monoisotopic (exact) mass is 454 g/mol. The Hall–Kier alpha value is -2.33. The topological polar surface area (TPSA) is 146 Å². The molecule has 0 radical (unpaired) electrons. The maximum Gasteiger partial charge on any atom is 0.322 e. The first kappa shape index (κ1) is 24.9. The molecule has 174 valence electrons. The Balaban J connectivity index is 2.21. The van der Waals surface area contributed by atoms with Gasteiger partial charge in [-0.1, -0.05) is 0 Å². The van der Waals surface area contributed by atoms with E-state index in [1.807, 2.05) is 20.8 Å². The molecular formula is C21H34N4O5S. The van der Waals surface area contributed by atoms with E-state index in [4.69, 9.17) is 16.2 Å². The highest BCUT2D eigenvalue weighted by Gasteiger charge is 2.33. The molecule has 0 unspecified atom stereocenters. The van der Waals surface area contributed by atoms with Gasteiger partial charge >= 0.3 is 5.97 Å². The van der Waals surface area contributed by atoms with Crippen molar-refractivity contribution in [2.24, 2.45) is 16.5 Å². The lowest BCUT2D eigenvalue weighted by Crippen LogP contribution is -2.38. The van der Waals surface area contributed by atoms with E-state index >= 15 is 0 Å². The van der Waals surface area contributed by atoms with Crippen LogP contribution < -0.4 is 20.9 Å². The summed E-state index contributed by atoms with van der Waals surface area (Å²) in [6.45, 7) is 9.72. The van der Waals surface area contributed by atoms with E-state index in [1.54, 1.807) is 13.8 Å². The molecule has 0 spiro atoms. The number of ether oxygens (including phenoxy) is 2. The Morgan fingerprint density at radius 2 is 1.90 bits per heavy atom. The van der Waals surface area contributed by atoms with Crippen LogP contribution in [0.15, 0.2) is 9.89 Å². The van der Waals surface area contributed by atoms with Gasteiger partial charge in [0, 0.05) is 6.54 Å². The quantitative estimate of drug-likeness (QED) is 0.245. The number of fused-ring (bicyclic) bond motifs is 1. The molecule has 2 rings (SSSR count). The average molecular weight is 455 g/mol. The first-order valence-corrected chi connectivity index (χ1v) is 11.8. The number of carbonyl (C=O) groups excluding carboxylic acids is 1. The number of nitrogens with two attached hydrogens (primary N) is 2. The van der Waals surface area contributed by atoms with E-state index in [0.717, 1.165) is 29.7 Å². The van der Waals surface area contributed by atoms with E-state index in [2.05, 4.69) is 14.5 Å². The molecule has 0 saturated carbocycles. The maximum atomic E-state index is 13.1. The Morgan fingerprint density at radius 3 is 2.52 bits per heavy atom. The molecule has 1 heterocycles. The lowest BCUT2D eigenvalue weighted by molar-refractivity contribution is -0.142. The average Bonchev–Trinajstić information content (AvgIpc) is 2.67. The van der Waals surface area contributed by atoms with Crippen LogP contribution >= 0.6 is 0 Å². The lowest BCUT2D eigenvalue weighted by atomic mass is 9.88. The van der Waals surface area contributed by atoms with Crippen LogP contribution in [0.5, 0.6) is 5.75 Å². The van der Waals surface area contributed by atoms with Gasteiger partial charge in [0.05, 0.1) is 12.0 Å². The zero-order valence-corrected chi connectivity index (χ0v) is 20.0. The molecule has 9 nitrogen and oxygen atoms in total. The van der Waals surface area contributed by atoms with Gasteiger partial charge in [0.1, 0.15) is 17.4 Å². The van der Waals surface area contributed by atoms with E-state index in [-0.39, 0.29) is 23.0 Å². The SMILES string of the molecule is COC(=O)[C@H](N)CCCN=C(N)NS(=O)(=O)c1c(C)c(C)c2c(c1C)CCC(C)(C)O2. The molecule has 0 bridgehead atoms. The molecule has 0 aromatic heterocycles. The highest BCUT2D eigenvalue weighted by molar-refractivity contribution is 7.90. The van der Waals surface area contributed by atoms with Crippen LogP contribution in [0.25, 0.3) is 0 Å². The van der Waals surface area contributed by atoms with Gasteiger partial charge < -0.3 is 20.9 Å². The second-order valence-corrected chi connectivity index (χ2v) is 10.1. The standard InChI is InChI=1S/C21H34N4O5S/c1-12-13(2)18(14(3)15-9-10-21(4,5)30-17(12)15)31(27,28)25-20(23)24-11-7-8-16(22)19(26)29-6/h16H,7-11,22H2,1-6H3,(H3,23,24,25)/t16-/m1/s1. The smallest absolute Gasteiger partial charge is 0.322 e. The third-order valence-corrected chi connectivity index (χ3v) is 7.26. The molecular weight excluding hydrogens is 420 g/mol. The fourth-order valence-corrected chi connectivity index (χ4v) is 5.28. The van der Waals surface area contributed by atoms with Gasteiger partial charge in [-0.3, -0.25) is 9.79 Å². The van der Waals surface area contributed by atoms with Crippen molar-refractivity contribution in [3.05, 3.63) is 22.3 Å². The normalized spacial score (nSPS) is 16.8. The van der Waals surface area contributed by atoms with Gasteiger partial charge in [-0.2, -0.15) is 0 Å². The number of aliphatic imine (C=N–C) groups is 1. The Labute approximate surface area is 184 Å². The minimum atomic E-state index is -3.94. The Morgan fingerprint density at radius 1 is 1.26 bits per heavy atom. The highest BCUT2D eigenvalue weighted by Crippen LogP contribution is 2.42. The van der Waals surface area contributed by atoms with Crippen molar-refractivity contribution in [2.75, 3.05) is 13.7 Å². The first-order chi connectivity index (χ1) is 14.3. The minimum absolute atomic E-state index is 0.206. The van der Waals surface area contributed by atoms with Gasteiger partial charge in [-0.25, -0.2) is 13.1 Å². The zero-order chi connectivity index (χ0) is 23.6. The lowest BCUT2D eigenvalue weighted by Gasteiger charge is -2.35. The molecule has 1 atom stereocenters. The summed E-state index contributed by atoms with van der Waals surface area (Å²) in [5.41, 5.74) is 14.2. The number of sulfonamides is 1. The number of guanidine groups is 1. The summed E-state index contributed by atoms with van der Waals surface area (Å²) >= 11 is 0. The number of nitrogens with one attached hydrogen (secondary N) is 1. The van der Waals surface area contributed by atoms with Gasteiger partial charge in [-0.15, -0.1) is 0 Å². The van der Waals surface area contributed by atoms with Crippen molar-refractivity contribution in [2.45, 2.75) is 76.8 Å². The fourth-order valence-electron chi connectivity index (χ4n) is 3.75. The second kappa shape index (κ2) is 9.44. The van der Waals surface area contributed by atoms with Crippen LogP contribution in [-0.2, 0) is 26.0 Å². The van der Waals surface area contributed by atoms with Crippen molar-refractivity contribution in [1.82, 2.24) is 4.72 Å². The largest absolute Gasteiger partial charge is 0.487 e. The number of hydrogen-bond acceptors (Lipinski definition) is 7. The van der Waals surface area contributed by atoms with Crippen LogP contribution in [-0.4, -0.2) is 45.6 Å². The van der Waals surface area contributed by atoms with Gasteiger partial charge in [0.2, 0.25) is 5.96 Å². The third kappa shape index (κ3) is 5.68. The molecule has 0 saturated heterocycles. The molecule has 1 aliphatic rings. The number of methoxy groups -OCH3 is 1. The van der Waals surface area contributed by atoms with Crippen LogP contribution in [0.4, 0.5) is 0 Å². The fraction of sp³-hybridized carbons (Fsp3) is 0.619. The van der Waals surface area contributed by atoms with E-state index < -0.39 is 22.0 Å². The van der Waals surface area contributed by atoms with Crippen molar-refractivity contribution in [3.63, 3.8) is 0 Å². The van der Waals surface area contributed by atoms with Crippen molar-refractivity contribution >= 4 is 22.0 Å². The van der Waals surface area contributed by atoms with Crippen LogP contribution in [0.1, 0.15) is 55.4 Å². The van der Waals surface area contributed by atoms with Gasteiger partial charge in [0.25, 0.3) is 10.0 Å². The summed E-state index contributed by atoms with van der Waals surface area (Å²) in [6.07, 6.45) is 2.35. The molecule has 10 heteroatoms. The second-order valence-electron chi connectivity index (χ2n) is 8.52. The molecule has 0 aliphatic carbocycles. The number of esters is 1. The maximum absolute atomic E-state index is 13.1. The van der Waals surface area contributed by atoms with E-state index in [1.165, 1.54) is 7.11 Å². The molecule has 1 aliphatic heterocycles. The summed E-state index contributed by atoms with van der Waals surface area (Å²) in [6, 6.07) is -0.742. The van der Waals surface area contributed by atoms with Crippen molar-refractivity contribution in [1.29, 1.82) is 0 Å². The van der Waals surface area contributed by atoms with E-state index in [0.29, 0.717) is 24.0 Å². The van der Waals surface area contributed by atoms with E-state index in [9.17, 15) is 13.2 Å².